The zero-order valence-electron chi connectivity index (χ0n) is 9.48. The molecule has 5 nitrogen and oxygen atoms in total. The first kappa shape index (κ1) is 12.1. The van der Waals surface area contributed by atoms with Crippen molar-refractivity contribution in [1.82, 2.24) is 0 Å². The van der Waals surface area contributed by atoms with Crippen LogP contribution in [0.15, 0.2) is 12.1 Å². The molecule has 0 unspecified atom stereocenters. The van der Waals surface area contributed by atoms with E-state index in [0.29, 0.717) is 42.6 Å². The number of halogens is 1. The van der Waals surface area contributed by atoms with Gasteiger partial charge in [0.25, 0.3) is 5.69 Å². The Morgan fingerprint density at radius 3 is 2.65 bits per heavy atom. The van der Waals surface area contributed by atoms with Crippen LogP contribution >= 0.6 is 11.6 Å². The van der Waals surface area contributed by atoms with Crippen molar-refractivity contribution in [2.24, 2.45) is 0 Å². The molecule has 0 aromatic heterocycles. The Morgan fingerprint density at radius 2 is 2.06 bits per heavy atom. The monoisotopic (exact) mass is 256 g/mol. The summed E-state index contributed by atoms with van der Waals surface area (Å²) in [7, 11) is 0. The van der Waals surface area contributed by atoms with Crippen LogP contribution in [0.25, 0.3) is 0 Å². The van der Waals surface area contributed by atoms with Gasteiger partial charge >= 0.3 is 0 Å². The number of nitro groups is 1. The molecule has 92 valence electrons. The minimum absolute atomic E-state index is 0.0967. The highest BCUT2D eigenvalue weighted by atomic mass is 35.5. The lowest BCUT2D eigenvalue weighted by molar-refractivity contribution is -0.384. The Morgan fingerprint density at radius 1 is 1.41 bits per heavy atom. The van der Waals surface area contributed by atoms with Crippen LogP contribution in [0.4, 0.5) is 11.4 Å². The van der Waals surface area contributed by atoms with Gasteiger partial charge in [-0.1, -0.05) is 11.6 Å². The molecule has 1 heterocycles. The summed E-state index contributed by atoms with van der Waals surface area (Å²) in [4.78, 5) is 12.7. The van der Waals surface area contributed by atoms with Crippen LogP contribution in [0.5, 0.6) is 0 Å². The first-order valence-corrected chi connectivity index (χ1v) is 5.75. The molecular formula is C11H13ClN2O3. The summed E-state index contributed by atoms with van der Waals surface area (Å²) < 4.78 is 5.24. The van der Waals surface area contributed by atoms with Crippen LogP contribution < -0.4 is 4.90 Å². The van der Waals surface area contributed by atoms with E-state index in [1.54, 1.807) is 19.1 Å². The Bertz CT molecular complexity index is 445. The van der Waals surface area contributed by atoms with E-state index in [-0.39, 0.29) is 10.6 Å². The molecule has 0 aliphatic carbocycles. The lowest BCUT2D eigenvalue weighted by Crippen LogP contribution is -2.36. The average molecular weight is 257 g/mol. The predicted molar refractivity (Wildman–Crippen MR) is 65.9 cm³/mol. The lowest BCUT2D eigenvalue weighted by atomic mass is 10.1. The third-order valence-electron chi connectivity index (χ3n) is 2.88. The fourth-order valence-corrected chi connectivity index (χ4v) is 2.10. The standard InChI is InChI=1S/C11H13ClN2O3/c1-8-9(12)2-3-10(11(8)14(15)16)13-4-6-17-7-5-13/h2-3H,4-7H2,1H3. The topological polar surface area (TPSA) is 55.6 Å². The fourth-order valence-electron chi connectivity index (χ4n) is 1.95. The normalized spacial score (nSPS) is 16.0. The average Bonchev–Trinajstić information content (AvgIpc) is 2.33. The second kappa shape index (κ2) is 4.89. The van der Waals surface area contributed by atoms with Gasteiger partial charge in [0, 0.05) is 18.7 Å². The zero-order valence-corrected chi connectivity index (χ0v) is 10.2. The summed E-state index contributed by atoms with van der Waals surface area (Å²) in [5.41, 5.74) is 1.24. The van der Waals surface area contributed by atoms with Crippen molar-refractivity contribution in [2.75, 3.05) is 31.2 Å². The smallest absolute Gasteiger partial charge is 0.296 e. The van der Waals surface area contributed by atoms with Crippen molar-refractivity contribution in [1.29, 1.82) is 0 Å². The Labute approximate surface area is 104 Å². The van der Waals surface area contributed by atoms with Crippen molar-refractivity contribution in [3.8, 4) is 0 Å². The van der Waals surface area contributed by atoms with Gasteiger partial charge in [0.1, 0.15) is 5.69 Å². The molecule has 0 saturated carbocycles. The maximum atomic E-state index is 11.1. The zero-order chi connectivity index (χ0) is 12.4. The van der Waals surface area contributed by atoms with Crippen LogP contribution in [0.1, 0.15) is 5.56 Å². The van der Waals surface area contributed by atoms with Crippen LogP contribution in [-0.2, 0) is 4.74 Å². The highest BCUT2D eigenvalue weighted by Crippen LogP contribution is 2.35. The van der Waals surface area contributed by atoms with Crippen LogP contribution in [0.2, 0.25) is 5.02 Å². The molecule has 1 saturated heterocycles. The van der Waals surface area contributed by atoms with E-state index in [0.717, 1.165) is 0 Å². The summed E-state index contributed by atoms with van der Waals surface area (Å²) in [5.74, 6) is 0. The molecule has 17 heavy (non-hydrogen) atoms. The van der Waals surface area contributed by atoms with E-state index in [9.17, 15) is 10.1 Å². The number of rotatable bonds is 2. The van der Waals surface area contributed by atoms with Crippen LogP contribution in [0.3, 0.4) is 0 Å². The van der Waals surface area contributed by atoms with Crippen molar-refractivity contribution in [2.45, 2.75) is 6.92 Å². The van der Waals surface area contributed by atoms with E-state index < -0.39 is 0 Å². The molecule has 1 aromatic carbocycles. The molecule has 1 aliphatic heterocycles. The van der Waals surface area contributed by atoms with Crippen molar-refractivity contribution in [3.05, 3.63) is 32.8 Å². The van der Waals surface area contributed by atoms with Gasteiger partial charge in [0.05, 0.1) is 23.2 Å². The number of benzene rings is 1. The SMILES string of the molecule is Cc1c(Cl)ccc(N2CCOCC2)c1[N+](=O)[O-]. The second-order valence-electron chi connectivity index (χ2n) is 3.90. The summed E-state index contributed by atoms with van der Waals surface area (Å²) in [6.07, 6.45) is 0. The maximum absolute atomic E-state index is 11.1. The Kier molecular flexibility index (Phi) is 3.49. The molecule has 0 bridgehead atoms. The van der Waals surface area contributed by atoms with Gasteiger partial charge < -0.3 is 9.64 Å². The summed E-state index contributed by atoms with van der Waals surface area (Å²) in [5, 5.41) is 11.6. The number of morpholine rings is 1. The summed E-state index contributed by atoms with van der Waals surface area (Å²) in [6, 6.07) is 3.41. The third-order valence-corrected chi connectivity index (χ3v) is 3.29. The fraction of sp³-hybridized carbons (Fsp3) is 0.455. The molecule has 0 N–H and O–H groups in total. The molecule has 1 aliphatic rings. The van der Waals surface area contributed by atoms with Gasteiger partial charge in [-0.25, -0.2) is 0 Å². The number of hydrogen-bond acceptors (Lipinski definition) is 4. The van der Waals surface area contributed by atoms with Crippen molar-refractivity contribution in [3.63, 3.8) is 0 Å². The minimum Gasteiger partial charge on any atom is -0.378 e. The molecule has 1 aromatic rings. The van der Waals surface area contributed by atoms with E-state index in [1.807, 2.05) is 4.90 Å². The van der Waals surface area contributed by atoms with E-state index in [2.05, 4.69) is 0 Å². The maximum Gasteiger partial charge on any atom is 0.296 e. The molecule has 6 heteroatoms. The highest BCUT2D eigenvalue weighted by Gasteiger charge is 2.24. The van der Waals surface area contributed by atoms with Gasteiger partial charge in [-0.15, -0.1) is 0 Å². The molecule has 0 radical (unpaired) electrons. The second-order valence-corrected chi connectivity index (χ2v) is 4.30. The molecule has 1 fully saturated rings. The summed E-state index contributed by atoms with van der Waals surface area (Å²) in [6.45, 7) is 4.20. The highest BCUT2D eigenvalue weighted by molar-refractivity contribution is 6.31. The van der Waals surface area contributed by atoms with Crippen LogP contribution in [-0.4, -0.2) is 31.2 Å². The number of hydrogen-bond donors (Lipinski definition) is 0. The van der Waals surface area contributed by atoms with Gasteiger partial charge in [-0.3, -0.25) is 10.1 Å². The predicted octanol–water partition coefficient (Wildman–Crippen LogP) is 2.39. The molecule has 0 amide bonds. The van der Waals surface area contributed by atoms with Crippen LogP contribution in [0, 0.1) is 17.0 Å². The third kappa shape index (κ3) is 2.35. The number of nitro benzene ring substituents is 1. The van der Waals surface area contributed by atoms with Gasteiger partial charge in [0.15, 0.2) is 0 Å². The van der Waals surface area contributed by atoms with Crippen molar-refractivity contribution >= 4 is 23.0 Å². The summed E-state index contributed by atoms with van der Waals surface area (Å²) >= 11 is 5.92. The van der Waals surface area contributed by atoms with E-state index in [4.69, 9.17) is 16.3 Å². The lowest BCUT2D eigenvalue weighted by Gasteiger charge is -2.28. The quantitative estimate of drug-likeness (QED) is 0.602. The van der Waals surface area contributed by atoms with Gasteiger partial charge in [0.2, 0.25) is 0 Å². The van der Waals surface area contributed by atoms with Gasteiger partial charge in [-0.05, 0) is 19.1 Å². The van der Waals surface area contributed by atoms with Gasteiger partial charge in [-0.2, -0.15) is 0 Å². The first-order chi connectivity index (χ1) is 8.11. The minimum atomic E-state index is -0.369. The van der Waals surface area contributed by atoms with Crippen molar-refractivity contribution < 1.29 is 9.66 Å². The van der Waals surface area contributed by atoms with E-state index in [1.165, 1.54) is 0 Å². The first-order valence-electron chi connectivity index (χ1n) is 5.37. The number of ether oxygens (including phenoxy) is 1. The Hall–Kier alpha value is -1.33. The largest absolute Gasteiger partial charge is 0.378 e. The molecule has 0 spiro atoms. The molecule has 0 atom stereocenters. The molecular weight excluding hydrogens is 244 g/mol. The molecule has 2 rings (SSSR count). The van der Waals surface area contributed by atoms with E-state index >= 15 is 0 Å². The number of nitrogens with zero attached hydrogens (tertiary/aromatic N) is 2. The Balaban J connectivity index is 2.45. The number of anilines is 1.